The molecule has 0 radical (unpaired) electrons. The zero-order valence-electron chi connectivity index (χ0n) is 19.4. The van der Waals surface area contributed by atoms with Gasteiger partial charge in [0.05, 0.1) is 32.9 Å². The summed E-state index contributed by atoms with van der Waals surface area (Å²) in [6, 6.07) is 24.6. The first-order chi connectivity index (χ1) is 16.2. The number of hydrogen-bond acceptors (Lipinski definition) is 5. The maximum Gasteiger partial charge on any atom is 0.257 e. The molecule has 0 N–H and O–H groups in total. The lowest BCUT2D eigenvalue weighted by molar-refractivity contribution is 0.0594. The lowest BCUT2D eigenvalue weighted by Gasteiger charge is -2.40. The van der Waals surface area contributed by atoms with E-state index < -0.39 is 0 Å². The number of benzene rings is 3. The van der Waals surface area contributed by atoms with Crippen LogP contribution in [0.15, 0.2) is 72.8 Å². The molecule has 1 aliphatic rings. The highest BCUT2D eigenvalue weighted by molar-refractivity contribution is 5.98. The molecule has 1 heterocycles. The van der Waals surface area contributed by atoms with Gasteiger partial charge in [0.1, 0.15) is 5.75 Å². The Morgan fingerprint density at radius 1 is 0.697 bits per heavy atom. The molecule has 33 heavy (non-hydrogen) atoms. The minimum atomic E-state index is -0.0663. The van der Waals surface area contributed by atoms with E-state index in [1.807, 2.05) is 17.0 Å². The van der Waals surface area contributed by atoms with Crippen LogP contribution in [0.4, 0.5) is 0 Å². The van der Waals surface area contributed by atoms with Crippen LogP contribution in [-0.2, 0) is 0 Å². The molecule has 0 atom stereocenters. The Labute approximate surface area is 195 Å². The highest BCUT2D eigenvalue weighted by Gasteiger charge is 2.30. The summed E-state index contributed by atoms with van der Waals surface area (Å²) < 4.78 is 16.2. The van der Waals surface area contributed by atoms with E-state index in [-0.39, 0.29) is 11.9 Å². The van der Waals surface area contributed by atoms with Crippen molar-refractivity contribution < 1.29 is 19.0 Å². The highest BCUT2D eigenvalue weighted by atomic mass is 16.5. The van der Waals surface area contributed by atoms with E-state index in [2.05, 4.69) is 53.4 Å². The van der Waals surface area contributed by atoms with E-state index in [4.69, 9.17) is 14.2 Å². The Bertz CT molecular complexity index is 1020. The molecule has 0 aromatic heterocycles. The van der Waals surface area contributed by atoms with Crippen molar-refractivity contribution in [3.63, 3.8) is 0 Å². The Hall–Kier alpha value is -3.51. The van der Waals surface area contributed by atoms with Crippen molar-refractivity contribution in [2.75, 3.05) is 47.5 Å². The summed E-state index contributed by atoms with van der Waals surface area (Å²) in [5, 5.41) is 0. The lowest BCUT2D eigenvalue weighted by Crippen LogP contribution is -2.49. The van der Waals surface area contributed by atoms with Gasteiger partial charge < -0.3 is 19.1 Å². The number of rotatable bonds is 7. The number of carbonyl (C=O) groups is 1. The SMILES string of the molecule is COc1cc(OC)c(C(=O)N2CCN(C(c3ccccc3)c3ccccc3)CC2)cc1OC. The first-order valence-corrected chi connectivity index (χ1v) is 11.1. The average Bonchev–Trinajstić information content (AvgIpc) is 2.89. The Kier molecular flexibility index (Phi) is 7.15. The Balaban J connectivity index is 1.54. The molecule has 1 fully saturated rings. The first kappa shape index (κ1) is 22.7. The molecule has 0 saturated carbocycles. The van der Waals surface area contributed by atoms with Crippen LogP contribution in [0.2, 0.25) is 0 Å². The smallest absolute Gasteiger partial charge is 0.257 e. The molecular weight excluding hydrogens is 416 g/mol. The van der Waals surface area contributed by atoms with Crippen molar-refractivity contribution in [1.82, 2.24) is 9.80 Å². The number of ether oxygens (including phenoxy) is 3. The van der Waals surface area contributed by atoms with Crippen molar-refractivity contribution in [3.8, 4) is 17.2 Å². The minimum absolute atomic E-state index is 0.0663. The minimum Gasteiger partial charge on any atom is -0.496 e. The fourth-order valence-electron chi connectivity index (χ4n) is 4.43. The summed E-state index contributed by atoms with van der Waals surface area (Å²) in [5.74, 6) is 1.45. The first-order valence-electron chi connectivity index (χ1n) is 11.1. The second-order valence-electron chi connectivity index (χ2n) is 7.96. The maximum atomic E-state index is 13.4. The molecule has 1 amide bonds. The van der Waals surface area contributed by atoms with Gasteiger partial charge in [-0.2, -0.15) is 0 Å². The van der Waals surface area contributed by atoms with Crippen LogP contribution in [0, 0.1) is 0 Å². The molecule has 4 rings (SSSR count). The highest BCUT2D eigenvalue weighted by Crippen LogP contribution is 2.36. The molecule has 6 nitrogen and oxygen atoms in total. The number of nitrogens with zero attached hydrogens (tertiary/aromatic N) is 2. The predicted octanol–water partition coefficient (Wildman–Crippen LogP) is 4.26. The predicted molar refractivity (Wildman–Crippen MR) is 128 cm³/mol. The number of carbonyl (C=O) groups excluding carboxylic acids is 1. The standard InChI is InChI=1S/C27H30N2O4/c1-31-23-19-25(33-3)24(32-2)18-22(23)27(30)29-16-14-28(15-17-29)26(20-10-6-4-7-11-20)21-12-8-5-9-13-21/h4-13,18-19,26H,14-17H2,1-3H3. The summed E-state index contributed by atoms with van der Waals surface area (Å²) in [6.45, 7) is 2.81. The van der Waals surface area contributed by atoms with E-state index in [1.165, 1.54) is 11.1 Å². The normalized spacial score (nSPS) is 14.2. The third-order valence-corrected chi connectivity index (χ3v) is 6.13. The fraction of sp³-hybridized carbons (Fsp3) is 0.296. The zero-order valence-corrected chi connectivity index (χ0v) is 19.4. The Morgan fingerprint density at radius 2 is 1.18 bits per heavy atom. The van der Waals surface area contributed by atoms with E-state index in [0.717, 1.165) is 13.1 Å². The van der Waals surface area contributed by atoms with E-state index >= 15 is 0 Å². The van der Waals surface area contributed by atoms with Gasteiger partial charge in [0, 0.05) is 38.3 Å². The van der Waals surface area contributed by atoms with Crippen LogP contribution in [-0.4, -0.2) is 63.2 Å². The molecule has 1 saturated heterocycles. The topological polar surface area (TPSA) is 51.2 Å². The molecule has 0 unspecified atom stereocenters. The van der Waals surface area contributed by atoms with E-state index in [9.17, 15) is 4.79 Å². The van der Waals surface area contributed by atoms with Crippen molar-refractivity contribution >= 4 is 5.91 Å². The molecule has 3 aromatic rings. The van der Waals surface area contributed by atoms with Gasteiger partial charge in [0.2, 0.25) is 0 Å². The van der Waals surface area contributed by atoms with Gasteiger partial charge in [-0.3, -0.25) is 9.69 Å². The molecule has 6 heteroatoms. The number of amides is 1. The summed E-state index contributed by atoms with van der Waals surface area (Å²) >= 11 is 0. The molecule has 0 spiro atoms. The van der Waals surface area contributed by atoms with Crippen LogP contribution < -0.4 is 14.2 Å². The number of piperazine rings is 1. The quantitative estimate of drug-likeness (QED) is 0.543. The fourth-order valence-corrected chi connectivity index (χ4v) is 4.43. The van der Waals surface area contributed by atoms with Gasteiger partial charge in [-0.15, -0.1) is 0 Å². The second-order valence-corrected chi connectivity index (χ2v) is 7.96. The molecule has 3 aromatic carbocycles. The molecule has 172 valence electrons. The number of hydrogen-bond donors (Lipinski definition) is 0. The summed E-state index contributed by atoms with van der Waals surface area (Å²) in [4.78, 5) is 17.7. The second kappa shape index (κ2) is 10.4. The van der Waals surface area contributed by atoms with Crippen LogP contribution in [0.3, 0.4) is 0 Å². The van der Waals surface area contributed by atoms with Crippen molar-refractivity contribution in [2.24, 2.45) is 0 Å². The van der Waals surface area contributed by atoms with Crippen LogP contribution in [0.1, 0.15) is 27.5 Å². The van der Waals surface area contributed by atoms with E-state index in [0.29, 0.717) is 35.9 Å². The molecule has 0 aliphatic carbocycles. The van der Waals surface area contributed by atoms with Crippen molar-refractivity contribution in [3.05, 3.63) is 89.5 Å². The molecule has 1 aliphatic heterocycles. The third kappa shape index (κ3) is 4.81. The monoisotopic (exact) mass is 446 g/mol. The largest absolute Gasteiger partial charge is 0.496 e. The van der Waals surface area contributed by atoms with Crippen molar-refractivity contribution in [1.29, 1.82) is 0 Å². The third-order valence-electron chi connectivity index (χ3n) is 6.13. The summed E-state index contributed by atoms with van der Waals surface area (Å²) in [7, 11) is 4.68. The van der Waals surface area contributed by atoms with Gasteiger partial charge in [-0.1, -0.05) is 60.7 Å². The van der Waals surface area contributed by atoms with Crippen LogP contribution in [0.5, 0.6) is 17.2 Å². The zero-order chi connectivity index (χ0) is 23.2. The Morgan fingerprint density at radius 3 is 1.67 bits per heavy atom. The number of methoxy groups -OCH3 is 3. The van der Waals surface area contributed by atoms with Gasteiger partial charge in [0.15, 0.2) is 11.5 Å². The van der Waals surface area contributed by atoms with Gasteiger partial charge in [-0.05, 0) is 11.1 Å². The van der Waals surface area contributed by atoms with Gasteiger partial charge in [-0.25, -0.2) is 0 Å². The molecule has 0 bridgehead atoms. The van der Waals surface area contributed by atoms with Crippen molar-refractivity contribution in [2.45, 2.75) is 6.04 Å². The lowest BCUT2D eigenvalue weighted by atomic mass is 9.96. The van der Waals surface area contributed by atoms with Gasteiger partial charge >= 0.3 is 0 Å². The average molecular weight is 447 g/mol. The van der Waals surface area contributed by atoms with E-state index in [1.54, 1.807) is 33.5 Å². The van der Waals surface area contributed by atoms with Crippen LogP contribution in [0.25, 0.3) is 0 Å². The van der Waals surface area contributed by atoms with Gasteiger partial charge in [0.25, 0.3) is 5.91 Å². The van der Waals surface area contributed by atoms with Crippen LogP contribution >= 0.6 is 0 Å². The molecular formula is C27H30N2O4. The summed E-state index contributed by atoms with van der Waals surface area (Å²) in [5.41, 5.74) is 2.99. The summed E-state index contributed by atoms with van der Waals surface area (Å²) in [6.07, 6.45) is 0. The maximum absolute atomic E-state index is 13.4.